The van der Waals surface area contributed by atoms with Crippen molar-refractivity contribution in [2.45, 2.75) is 36.9 Å². The maximum Gasteiger partial charge on any atom is 0.249 e. The van der Waals surface area contributed by atoms with Crippen molar-refractivity contribution < 1.29 is 17.9 Å². The Labute approximate surface area is 169 Å². The van der Waals surface area contributed by atoms with Crippen LogP contribution in [0.1, 0.15) is 24.5 Å². The molecule has 0 bridgehead atoms. The van der Waals surface area contributed by atoms with E-state index in [1.807, 2.05) is 0 Å². The molecule has 30 heavy (non-hydrogen) atoms. The Morgan fingerprint density at radius 2 is 2.10 bits per heavy atom. The van der Waals surface area contributed by atoms with E-state index in [0.717, 1.165) is 0 Å². The second-order valence-electron chi connectivity index (χ2n) is 7.66. The molecule has 2 aliphatic rings. The lowest BCUT2D eigenvalue weighted by atomic mass is 9.79. The average Bonchev–Trinajstić information content (AvgIpc) is 3.31. The summed E-state index contributed by atoms with van der Waals surface area (Å²) in [5, 5.41) is 10.5. The summed E-state index contributed by atoms with van der Waals surface area (Å²) in [5.74, 6) is -2.31. The van der Waals surface area contributed by atoms with E-state index < -0.39 is 18.1 Å². The third-order valence-electron chi connectivity index (χ3n) is 5.55. The molecule has 2 fully saturated rings. The van der Waals surface area contributed by atoms with Crippen molar-refractivity contribution in [3.05, 3.63) is 30.2 Å². The summed E-state index contributed by atoms with van der Waals surface area (Å²) in [6.07, 6.45) is 1.63. The molecular weight excluding hydrogens is 399 g/mol. The van der Waals surface area contributed by atoms with Gasteiger partial charge in [-0.2, -0.15) is 5.10 Å². The second-order valence-corrected chi connectivity index (χ2v) is 7.66. The topological polar surface area (TPSA) is 89.3 Å². The number of ether oxygens (including phenoxy) is 1. The van der Waals surface area contributed by atoms with Gasteiger partial charge in [-0.25, -0.2) is 32.6 Å². The minimum absolute atomic E-state index is 0.257. The lowest BCUT2D eigenvalue weighted by Gasteiger charge is -2.34. The highest BCUT2D eigenvalue weighted by Gasteiger charge is 2.47. The number of nitrogens with zero attached hydrogens (tertiary/aromatic N) is 5. The highest BCUT2D eigenvalue weighted by molar-refractivity contribution is 5.61. The fourth-order valence-corrected chi connectivity index (χ4v) is 3.91. The zero-order chi connectivity index (χ0) is 20.9. The molecule has 8 nitrogen and oxygen atoms in total. The van der Waals surface area contributed by atoms with Crippen LogP contribution in [0.3, 0.4) is 0 Å². The highest BCUT2D eigenvalue weighted by atomic mass is 19.3. The van der Waals surface area contributed by atoms with Crippen molar-refractivity contribution in [3.63, 3.8) is 0 Å². The van der Waals surface area contributed by atoms with Crippen LogP contribution in [0.2, 0.25) is 0 Å². The molecule has 5 rings (SSSR count). The summed E-state index contributed by atoms with van der Waals surface area (Å²) in [6.45, 7) is 0.778. The molecule has 2 atom stereocenters. The Hall–Kier alpha value is -2.95. The van der Waals surface area contributed by atoms with E-state index in [-0.39, 0.29) is 18.8 Å². The standard InChI is InChI=1S/C19H20F3N7O/c1-30-15-4-16-25-9-14(29(16)28-17(15)10-5-19(21,22)6-10)12-2-3-24-18(26-12)27-13-8-23-7-11(13)20/h2-4,9-11,13,23H,5-8H2,1H3,(H,24,26,27). The Morgan fingerprint density at radius 3 is 2.80 bits per heavy atom. The molecule has 0 aromatic carbocycles. The number of anilines is 1. The van der Waals surface area contributed by atoms with Crippen LogP contribution in [0.25, 0.3) is 17.0 Å². The first-order valence-electron chi connectivity index (χ1n) is 9.69. The molecule has 2 N–H and O–H groups in total. The van der Waals surface area contributed by atoms with E-state index >= 15 is 0 Å². The Balaban J connectivity index is 1.49. The van der Waals surface area contributed by atoms with Gasteiger partial charge in [-0.3, -0.25) is 0 Å². The molecule has 3 aromatic heterocycles. The molecule has 158 valence electrons. The number of fused-ring (bicyclic) bond motifs is 1. The van der Waals surface area contributed by atoms with Crippen LogP contribution in [-0.2, 0) is 0 Å². The van der Waals surface area contributed by atoms with E-state index in [4.69, 9.17) is 4.74 Å². The largest absolute Gasteiger partial charge is 0.495 e. The number of hydrogen-bond acceptors (Lipinski definition) is 7. The maximum atomic E-state index is 13.9. The van der Waals surface area contributed by atoms with Crippen LogP contribution < -0.4 is 15.4 Å². The van der Waals surface area contributed by atoms with Gasteiger partial charge in [0.1, 0.15) is 23.3 Å². The number of imidazole rings is 1. The van der Waals surface area contributed by atoms with Gasteiger partial charge in [-0.05, 0) is 6.07 Å². The number of nitrogens with one attached hydrogen (secondary N) is 2. The summed E-state index contributed by atoms with van der Waals surface area (Å²) in [4.78, 5) is 13.0. The van der Waals surface area contributed by atoms with E-state index in [2.05, 4.69) is 30.7 Å². The maximum absolute atomic E-state index is 13.9. The number of methoxy groups -OCH3 is 1. The van der Waals surface area contributed by atoms with Crippen molar-refractivity contribution in [3.8, 4) is 17.1 Å². The van der Waals surface area contributed by atoms with Crippen LogP contribution in [0.15, 0.2) is 24.5 Å². The van der Waals surface area contributed by atoms with E-state index in [0.29, 0.717) is 47.5 Å². The van der Waals surface area contributed by atoms with Crippen LogP contribution >= 0.6 is 0 Å². The zero-order valence-corrected chi connectivity index (χ0v) is 16.1. The third kappa shape index (κ3) is 3.32. The van der Waals surface area contributed by atoms with Crippen molar-refractivity contribution in [1.29, 1.82) is 0 Å². The van der Waals surface area contributed by atoms with Gasteiger partial charge in [0.2, 0.25) is 11.9 Å². The SMILES string of the molecule is COc1cc2ncc(-c3ccnc(NC4CNCC4F)n3)n2nc1C1CC(F)(F)C1. The highest BCUT2D eigenvalue weighted by Crippen LogP contribution is 2.49. The number of halogens is 3. The third-order valence-corrected chi connectivity index (χ3v) is 5.55. The van der Waals surface area contributed by atoms with Crippen molar-refractivity contribution in [2.75, 3.05) is 25.5 Å². The number of aromatic nitrogens is 5. The van der Waals surface area contributed by atoms with Gasteiger partial charge in [0.25, 0.3) is 0 Å². The van der Waals surface area contributed by atoms with Gasteiger partial charge >= 0.3 is 0 Å². The van der Waals surface area contributed by atoms with Crippen LogP contribution in [0.5, 0.6) is 5.75 Å². The van der Waals surface area contributed by atoms with E-state index in [1.54, 1.807) is 29.0 Å². The predicted octanol–water partition coefficient (Wildman–Crippen LogP) is 2.43. The van der Waals surface area contributed by atoms with E-state index in [9.17, 15) is 13.2 Å². The minimum Gasteiger partial charge on any atom is -0.495 e. The normalized spacial score (nSPS) is 23.5. The first kappa shape index (κ1) is 19.0. The second kappa shape index (κ2) is 7.08. The van der Waals surface area contributed by atoms with Gasteiger partial charge in [0.05, 0.1) is 25.0 Å². The van der Waals surface area contributed by atoms with Gasteiger partial charge in [-0.15, -0.1) is 0 Å². The number of hydrogen-bond donors (Lipinski definition) is 2. The lowest BCUT2D eigenvalue weighted by Crippen LogP contribution is -2.34. The van der Waals surface area contributed by atoms with Crippen LogP contribution in [0.4, 0.5) is 19.1 Å². The Bertz CT molecular complexity index is 1080. The molecule has 1 saturated heterocycles. The summed E-state index contributed by atoms with van der Waals surface area (Å²) >= 11 is 0. The van der Waals surface area contributed by atoms with Gasteiger partial charge in [-0.1, -0.05) is 0 Å². The smallest absolute Gasteiger partial charge is 0.249 e. The predicted molar refractivity (Wildman–Crippen MR) is 103 cm³/mol. The van der Waals surface area contributed by atoms with Gasteiger partial charge < -0.3 is 15.4 Å². The zero-order valence-electron chi connectivity index (χ0n) is 16.1. The molecule has 3 aromatic rings. The molecular formula is C19H20F3N7O. The van der Waals surface area contributed by atoms with Gasteiger partial charge in [0, 0.05) is 44.1 Å². The summed E-state index contributed by atoms with van der Waals surface area (Å²) in [5.41, 5.74) is 2.09. The molecule has 0 radical (unpaired) electrons. The lowest BCUT2D eigenvalue weighted by molar-refractivity contribution is -0.0881. The van der Waals surface area contributed by atoms with Crippen molar-refractivity contribution in [2.24, 2.45) is 0 Å². The van der Waals surface area contributed by atoms with Gasteiger partial charge in [0.15, 0.2) is 5.65 Å². The molecule has 1 aliphatic heterocycles. The van der Waals surface area contributed by atoms with Crippen molar-refractivity contribution >= 4 is 11.6 Å². The minimum atomic E-state index is -2.67. The summed E-state index contributed by atoms with van der Waals surface area (Å²) in [7, 11) is 1.48. The fourth-order valence-electron chi connectivity index (χ4n) is 3.91. The Kier molecular flexibility index (Phi) is 4.49. The number of rotatable bonds is 5. The Morgan fingerprint density at radius 1 is 1.27 bits per heavy atom. The summed E-state index contributed by atoms with van der Waals surface area (Å²) in [6, 6.07) is 2.97. The first-order chi connectivity index (χ1) is 14.4. The molecule has 2 unspecified atom stereocenters. The molecule has 11 heteroatoms. The molecule has 0 spiro atoms. The van der Waals surface area contributed by atoms with Crippen molar-refractivity contribution in [1.82, 2.24) is 29.9 Å². The van der Waals surface area contributed by atoms with Crippen LogP contribution in [0, 0.1) is 0 Å². The molecule has 1 aliphatic carbocycles. The fraction of sp³-hybridized carbons (Fsp3) is 0.474. The molecule has 1 saturated carbocycles. The number of alkyl halides is 3. The average molecular weight is 419 g/mol. The molecule has 0 amide bonds. The van der Waals surface area contributed by atoms with Crippen LogP contribution in [-0.4, -0.2) is 62.9 Å². The monoisotopic (exact) mass is 419 g/mol. The first-order valence-corrected chi connectivity index (χ1v) is 9.69. The summed E-state index contributed by atoms with van der Waals surface area (Å²) < 4.78 is 47.6. The molecule has 4 heterocycles. The quantitative estimate of drug-likeness (QED) is 0.657. The van der Waals surface area contributed by atoms with E-state index in [1.165, 1.54) is 7.11 Å².